The number of aliphatic carboxylic acids is 1. The standard InChI is InChI=1S/C20H21N3O4/c1-4-13-5-7-14(8-6-13)16-9-10-17(27-16)18(24)22-15-11-21-23(12-15)20(2,3)19(25)26/h5-12H,4H2,1-3H3,(H,22,24)(H,25,26). The van der Waals surface area contributed by atoms with Crippen LogP contribution in [0, 0.1) is 0 Å². The van der Waals surface area contributed by atoms with Crippen molar-refractivity contribution in [1.82, 2.24) is 9.78 Å². The van der Waals surface area contributed by atoms with E-state index in [0.29, 0.717) is 11.4 Å². The van der Waals surface area contributed by atoms with Gasteiger partial charge in [0, 0.05) is 11.8 Å². The molecule has 140 valence electrons. The van der Waals surface area contributed by atoms with E-state index in [0.717, 1.165) is 12.0 Å². The minimum atomic E-state index is -1.22. The number of aryl methyl sites for hydroxylation is 1. The third kappa shape index (κ3) is 3.76. The monoisotopic (exact) mass is 367 g/mol. The summed E-state index contributed by atoms with van der Waals surface area (Å²) < 4.78 is 6.94. The average molecular weight is 367 g/mol. The number of furan rings is 1. The zero-order valence-electron chi connectivity index (χ0n) is 15.4. The molecule has 7 nitrogen and oxygen atoms in total. The first-order chi connectivity index (χ1) is 12.8. The Hall–Kier alpha value is -3.35. The molecule has 7 heteroatoms. The number of carbonyl (C=O) groups excluding carboxylic acids is 1. The number of anilines is 1. The van der Waals surface area contributed by atoms with E-state index in [1.54, 1.807) is 12.1 Å². The van der Waals surface area contributed by atoms with E-state index in [1.807, 2.05) is 24.3 Å². The zero-order chi connectivity index (χ0) is 19.6. The second kappa shape index (κ2) is 7.11. The molecule has 0 fully saturated rings. The fourth-order valence-electron chi connectivity index (χ4n) is 2.50. The van der Waals surface area contributed by atoms with Crippen molar-refractivity contribution in [2.45, 2.75) is 32.7 Å². The summed E-state index contributed by atoms with van der Waals surface area (Å²) in [6.45, 7) is 5.14. The first-order valence-electron chi connectivity index (χ1n) is 8.60. The van der Waals surface area contributed by atoms with Crippen molar-refractivity contribution in [2.24, 2.45) is 0 Å². The number of carboxylic acids is 1. The molecular formula is C20H21N3O4. The smallest absolute Gasteiger partial charge is 0.331 e. The van der Waals surface area contributed by atoms with Gasteiger partial charge in [0.25, 0.3) is 5.91 Å². The Labute approximate surface area is 156 Å². The number of aromatic nitrogens is 2. The van der Waals surface area contributed by atoms with Gasteiger partial charge in [0.1, 0.15) is 5.76 Å². The molecule has 0 saturated heterocycles. The minimum Gasteiger partial charge on any atom is -0.479 e. The van der Waals surface area contributed by atoms with Gasteiger partial charge in [0.2, 0.25) is 0 Å². The molecule has 0 aliphatic rings. The van der Waals surface area contributed by atoms with Crippen molar-refractivity contribution in [3.8, 4) is 11.3 Å². The summed E-state index contributed by atoms with van der Waals surface area (Å²) in [5, 5.41) is 15.9. The van der Waals surface area contributed by atoms with Crippen molar-refractivity contribution < 1.29 is 19.1 Å². The lowest BCUT2D eigenvalue weighted by Gasteiger charge is -2.19. The molecule has 2 aromatic heterocycles. The summed E-state index contributed by atoms with van der Waals surface area (Å²) >= 11 is 0. The fourth-order valence-corrected chi connectivity index (χ4v) is 2.50. The number of amides is 1. The number of benzene rings is 1. The molecular weight excluding hydrogens is 346 g/mol. The van der Waals surface area contributed by atoms with Crippen molar-refractivity contribution in [3.63, 3.8) is 0 Å². The molecule has 2 heterocycles. The fraction of sp³-hybridized carbons (Fsp3) is 0.250. The molecule has 0 atom stereocenters. The Morgan fingerprint density at radius 2 is 1.89 bits per heavy atom. The maximum atomic E-state index is 12.4. The van der Waals surface area contributed by atoms with E-state index >= 15 is 0 Å². The van der Waals surface area contributed by atoms with E-state index in [2.05, 4.69) is 17.3 Å². The van der Waals surface area contributed by atoms with Gasteiger partial charge in [-0.15, -0.1) is 0 Å². The van der Waals surface area contributed by atoms with Crippen LogP contribution in [0.3, 0.4) is 0 Å². The predicted molar refractivity (Wildman–Crippen MR) is 101 cm³/mol. The molecule has 3 rings (SSSR count). The van der Waals surface area contributed by atoms with Crippen LogP contribution < -0.4 is 5.32 Å². The van der Waals surface area contributed by atoms with E-state index in [1.165, 1.54) is 36.5 Å². The van der Waals surface area contributed by atoms with Crippen LogP contribution in [-0.2, 0) is 16.8 Å². The lowest BCUT2D eigenvalue weighted by atomic mass is 10.1. The summed E-state index contributed by atoms with van der Waals surface area (Å²) in [4.78, 5) is 23.7. The average Bonchev–Trinajstić information content (AvgIpc) is 3.31. The van der Waals surface area contributed by atoms with Gasteiger partial charge in [0.05, 0.1) is 11.9 Å². The van der Waals surface area contributed by atoms with Gasteiger partial charge in [-0.2, -0.15) is 5.10 Å². The molecule has 2 N–H and O–H groups in total. The van der Waals surface area contributed by atoms with Crippen LogP contribution in [0.4, 0.5) is 5.69 Å². The molecule has 0 radical (unpaired) electrons. The molecule has 0 spiro atoms. The summed E-state index contributed by atoms with van der Waals surface area (Å²) in [6.07, 6.45) is 3.83. The number of nitrogens with one attached hydrogen (secondary N) is 1. The van der Waals surface area contributed by atoms with Crippen LogP contribution in [0.25, 0.3) is 11.3 Å². The van der Waals surface area contributed by atoms with Gasteiger partial charge in [-0.05, 0) is 38.0 Å². The minimum absolute atomic E-state index is 0.162. The Balaban J connectivity index is 1.73. The maximum Gasteiger partial charge on any atom is 0.331 e. The molecule has 0 unspecified atom stereocenters. The molecule has 0 aliphatic heterocycles. The summed E-state index contributed by atoms with van der Waals surface area (Å²) in [5.74, 6) is -0.687. The van der Waals surface area contributed by atoms with Crippen molar-refractivity contribution in [2.75, 3.05) is 5.32 Å². The lowest BCUT2D eigenvalue weighted by Crippen LogP contribution is -2.35. The topological polar surface area (TPSA) is 97.4 Å². The zero-order valence-corrected chi connectivity index (χ0v) is 15.4. The van der Waals surface area contributed by atoms with Crippen molar-refractivity contribution >= 4 is 17.6 Å². The quantitative estimate of drug-likeness (QED) is 0.691. The third-order valence-electron chi connectivity index (χ3n) is 4.41. The van der Waals surface area contributed by atoms with Gasteiger partial charge in [0.15, 0.2) is 11.3 Å². The summed E-state index contributed by atoms with van der Waals surface area (Å²) in [6, 6.07) is 11.3. The SMILES string of the molecule is CCc1ccc(-c2ccc(C(=O)Nc3cnn(C(C)(C)C(=O)O)c3)o2)cc1. The van der Waals surface area contributed by atoms with E-state index < -0.39 is 17.4 Å². The van der Waals surface area contributed by atoms with Gasteiger partial charge in [-0.1, -0.05) is 31.2 Å². The van der Waals surface area contributed by atoms with Gasteiger partial charge in [-0.25, -0.2) is 4.79 Å². The van der Waals surface area contributed by atoms with Gasteiger partial charge >= 0.3 is 5.97 Å². The predicted octanol–water partition coefficient (Wildman–Crippen LogP) is 3.78. The lowest BCUT2D eigenvalue weighted by molar-refractivity contribution is -0.146. The number of rotatable bonds is 6. The van der Waals surface area contributed by atoms with Crippen LogP contribution in [-0.4, -0.2) is 26.8 Å². The summed E-state index contributed by atoms with van der Waals surface area (Å²) in [7, 11) is 0. The highest BCUT2D eigenvalue weighted by Gasteiger charge is 2.30. The first-order valence-corrected chi connectivity index (χ1v) is 8.60. The maximum absolute atomic E-state index is 12.4. The molecule has 0 saturated carbocycles. The molecule has 0 aliphatic carbocycles. The molecule has 3 aromatic rings. The number of hydrogen-bond acceptors (Lipinski definition) is 4. The number of nitrogens with zero attached hydrogens (tertiary/aromatic N) is 2. The number of carboxylic acid groups (broad SMARTS) is 1. The van der Waals surface area contributed by atoms with E-state index in [9.17, 15) is 14.7 Å². The number of carbonyl (C=O) groups is 2. The van der Waals surface area contributed by atoms with E-state index in [4.69, 9.17) is 4.42 Å². The Morgan fingerprint density at radius 1 is 1.19 bits per heavy atom. The normalized spacial score (nSPS) is 11.4. The largest absolute Gasteiger partial charge is 0.479 e. The highest BCUT2D eigenvalue weighted by atomic mass is 16.4. The van der Waals surface area contributed by atoms with Gasteiger partial charge in [-0.3, -0.25) is 9.48 Å². The van der Waals surface area contributed by atoms with Crippen LogP contribution >= 0.6 is 0 Å². The van der Waals surface area contributed by atoms with Gasteiger partial charge < -0.3 is 14.8 Å². The van der Waals surface area contributed by atoms with Crippen molar-refractivity contribution in [1.29, 1.82) is 0 Å². The summed E-state index contributed by atoms with van der Waals surface area (Å²) in [5.41, 5.74) is 1.29. The Kier molecular flexibility index (Phi) is 4.85. The molecule has 1 aromatic carbocycles. The molecule has 27 heavy (non-hydrogen) atoms. The van der Waals surface area contributed by atoms with Crippen LogP contribution in [0.5, 0.6) is 0 Å². The van der Waals surface area contributed by atoms with Crippen LogP contribution in [0.1, 0.15) is 36.9 Å². The first kappa shape index (κ1) is 18.4. The highest BCUT2D eigenvalue weighted by Crippen LogP contribution is 2.24. The molecule has 1 amide bonds. The van der Waals surface area contributed by atoms with E-state index in [-0.39, 0.29) is 5.76 Å². The Bertz CT molecular complexity index is 967. The van der Waals surface area contributed by atoms with Crippen LogP contribution in [0.15, 0.2) is 53.2 Å². The molecule has 0 bridgehead atoms. The number of hydrogen-bond donors (Lipinski definition) is 2. The highest BCUT2D eigenvalue weighted by molar-refractivity contribution is 6.02. The Morgan fingerprint density at radius 3 is 2.52 bits per heavy atom. The second-order valence-electron chi connectivity index (χ2n) is 6.71. The van der Waals surface area contributed by atoms with Crippen LogP contribution in [0.2, 0.25) is 0 Å². The van der Waals surface area contributed by atoms with Crippen molar-refractivity contribution in [3.05, 3.63) is 60.1 Å². The second-order valence-corrected chi connectivity index (χ2v) is 6.71. The third-order valence-corrected chi connectivity index (χ3v) is 4.41.